The zero-order chi connectivity index (χ0) is 35.9. The van der Waals surface area contributed by atoms with Crippen molar-refractivity contribution in [3.8, 4) is 0 Å². The first kappa shape index (κ1) is 37.3. The topological polar surface area (TPSA) is 198 Å². The van der Waals surface area contributed by atoms with Crippen molar-refractivity contribution < 1.29 is 65.3 Å². The SMILES string of the molecule is O=C(NCCN1CCC2(CC1)C(=O)NCN2Cc1cccnc1)c1ccc2c(c1)C(=O)NC2=O.O=C(O)C(F)(F)F.O=C(O)C(F)(F)F. The van der Waals surface area contributed by atoms with E-state index in [0.29, 0.717) is 31.9 Å². The number of alkyl halides is 6. The van der Waals surface area contributed by atoms with Crippen LogP contribution in [0.2, 0.25) is 0 Å². The maximum absolute atomic E-state index is 12.7. The fourth-order valence-electron chi connectivity index (χ4n) is 4.97. The number of aliphatic carboxylic acids is 2. The van der Waals surface area contributed by atoms with Crippen LogP contribution in [0.4, 0.5) is 26.3 Å². The number of hydrogen-bond acceptors (Lipinski definition) is 9. The number of carbonyl (C=O) groups excluding carboxylic acids is 4. The van der Waals surface area contributed by atoms with Gasteiger partial charge in [-0.3, -0.25) is 34.4 Å². The average molecular weight is 691 g/mol. The molecular formula is C28H28F6N6O8. The Hall–Kier alpha value is -5.11. The summed E-state index contributed by atoms with van der Waals surface area (Å²) < 4.78 is 63.5. The number of carbonyl (C=O) groups is 6. The molecule has 20 heteroatoms. The number of likely N-dealkylation sites (tertiary alicyclic amines) is 1. The number of piperidine rings is 1. The Morgan fingerprint density at radius 3 is 2.04 bits per heavy atom. The molecule has 0 atom stereocenters. The van der Waals surface area contributed by atoms with Crippen LogP contribution in [-0.2, 0) is 20.9 Å². The van der Waals surface area contributed by atoms with Gasteiger partial charge in [0.05, 0.1) is 17.8 Å². The van der Waals surface area contributed by atoms with Crippen LogP contribution in [0.25, 0.3) is 0 Å². The number of nitrogens with zero attached hydrogens (tertiary/aromatic N) is 3. The number of rotatable bonds is 6. The van der Waals surface area contributed by atoms with Crippen LogP contribution < -0.4 is 16.0 Å². The van der Waals surface area contributed by atoms with E-state index in [2.05, 4.69) is 30.7 Å². The summed E-state index contributed by atoms with van der Waals surface area (Å²) in [5, 5.41) is 22.4. The zero-order valence-corrected chi connectivity index (χ0v) is 24.7. The highest BCUT2D eigenvalue weighted by molar-refractivity contribution is 6.22. The second-order valence-electron chi connectivity index (χ2n) is 10.5. The molecule has 4 heterocycles. The number of hydrogen-bond donors (Lipinski definition) is 5. The summed E-state index contributed by atoms with van der Waals surface area (Å²) in [6, 6.07) is 8.42. The van der Waals surface area contributed by atoms with Gasteiger partial charge in [0, 0.05) is 50.7 Å². The third-order valence-electron chi connectivity index (χ3n) is 7.43. The van der Waals surface area contributed by atoms with Crippen molar-refractivity contribution in [3.63, 3.8) is 0 Å². The zero-order valence-electron chi connectivity index (χ0n) is 24.7. The minimum Gasteiger partial charge on any atom is -0.475 e. The Morgan fingerprint density at radius 2 is 1.50 bits per heavy atom. The molecule has 5 rings (SSSR count). The van der Waals surface area contributed by atoms with Crippen LogP contribution in [0.3, 0.4) is 0 Å². The summed E-state index contributed by atoms with van der Waals surface area (Å²) in [7, 11) is 0. The van der Waals surface area contributed by atoms with E-state index >= 15 is 0 Å². The molecule has 48 heavy (non-hydrogen) atoms. The van der Waals surface area contributed by atoms with Gasteiger partial charge in [0.2, 0.25) is 5.91 Å². The number of benzene rings is 1. The van der Waals surface area contributed by atoms with Crippen LogP contribution in [0, 0.1) is 0 Å². The van der Waals surface area contributed by atoms with Gasteiger partial charge in [-0.15, -0.1) is 0 Å². The highest BCUT2D eigenvalue weighted by Crippen LogP contribution is 2.33. The fraction of sp³-hybridized carbons (Fsp3) is 0.393. The molecule has 2 aromatic rings. The molecule has 1 aromatic carbocycles. The first-order chi connectivity index (χ1) is 22.3. The molecule has 2 fully saturated rings. The molecule has 0 unspecified atom stereocenters. The minimum absolute atomic E-state index is 0.0865. The van der Waals surface area contributed by atoms with Crippen molar-refractivity contribution in [1.29, 1.82) is 0 Å². The number of carboxylic acid groups (broad SMARTS) is 2. The molecule has 2 saturated heterocycles. The van der Waals surface area contributed by atoms with Crippen LogP contribution in [0.5, 0.6) is 0 Å². The predicted molar refractivity (Wildman–Crippen MR) is 149 cm³/mol. The molecular weight excluding hydrogens is 662 g/mol. The summed E-state index contributed by atoms with van der Waals surface area (Å²) in [6.07, 6.45) is -5.15. The second kappa shape index (κ2) is 15.2. The lowest BCUT2D eigenvalue weighted by atomic mass is 9.86. The number of aromatic nitrogens is 1. The van der Waals surface area contributed by atoms with Crippen molar-refractivity contribution in [1.82, 2.24) is 30.7 Å². The summed E-state index contributed by atoms with van der Waals surface area (Å²) >= 11 is 0. The molecule has 0 aliphatic carbocycles. The number of halogens is 6. The second-order valence-corrected chi connectivity index (χ2v) is 10.5. The normalized spacial score (nSPS) is 17.2. The van der Waals surface area contributed by atoms with Gasteiger partial charge in [-0.2, -0.15) is 26.3 Å². The lowest BCUT2D eigenvalue weighted by Crippen LogP contribution is -2.56. The number of amides is 4. The van der Waals surface area contributed by atoms with Crippen LogP contribution in [0.1, 0.15) is 49.5 Å². The van der Waals surface area contributed by atoms with E-state index < -0.39 is 41.6 Å². The number of carboxylic acids is 2. The van der Waals surface area contributed by atoms with Gasteiger partial charge in [-0.25, -0.2) is 9.59 Å². The number of pyridine rings is 1. The molecule has 1 spiro atoms. The van der Waals surface area contributed by atoms with Gasteiger partial charge >= 0.3 is 24.3 Å². The summed E-state index contributed by atoms with van der Waals surface area (Å²) in [5.74, 6) is -6.64. The summed E-state index contributed by atoms with van der Waals surface area (Å²) in [6.45, 7) is 3.83. The first-order valence-electron chi connectivity index (χ1n) is 13.9. The fourth-order valence-corrected chi connectivity index (χ4v) is 4.97. The Bertz CT molecular complexity index is 1520. The predicted octanol–water partition coefficient (Wildman–Crippen LogP) is 1.39. The molecule has 3 aliphatic heterocycles. The molecule has 0 saturated carbocycles. The van der Waals surface area contributed by atoms with Crippen molar-refractivity contribution in [2.45, 2.75) is 37.3 Å². The van der Waals surface area contributed by atoms with E-state index in [9.17, 15) is 45.5 Å². The Kier molecular flexibility index (Phi) is 11.8. The Labute approximate surface area is 267 Å². The first-order valence-corrected chi connectivity index (χ1v) is 13.9. The van der Waals surface area contributed by atoms with E-state index in [4.69, 9.17) is 19.8 Å². The van der Waals surface area contributed by atoms with E-state index in [1.165, 1.54) is 12.1 Å². The average Bonchev–Trinajstić information content (AvgIpc) is 3.47. The molecule has 14 nitrogen and oxygen atoms in total. The van der Waals surface area contributed by atoms with Crippen molar-refractivity contribution in [2.75, 3.05) is 32.8 Å². The lowest BCUT2D eigenvalue weighted by molar-refractivity contribution is -0.193. The quantitative estimate of drug-likeness (QED) is 0.217. The summed E-state index contributed by atoms with van der Waals surface area (Å²) in [4.78, 5) is 75.2. The standard InChI is InChI=1S/C24H26N6O4.2C2HF3O2/c31-20(17-3-4-18-19(12-17)22(33)28-21(18)32)26-8-11-29-9-5-24(6-10-29)23(34)27-15-30(24)14-16-2-1-7-25-13-16;2*3-2(4,5)1(6)7/h1-4,7,12-13H,5-6,8-11,14-15H2,(H,26,31)(H,27,34)(H,28,32,33);2*(H,6,7). The number of nitrogens with one attached hydrogen (secondary N) is 3. The number of fused-ring (bicyclic) bond motifs is 1. The van der Waals surface area contributed by atoms with Crippen LogP contribution >= 0.6 is 0 Å². The molecule has 5 N–H and O–H groups in total. The maximum atomic E-state index is 12.7. The minimum atomic E-state index is -5.08. The van der Waals surface area contributed by atoms with Gasteiger partial charge in [0.25, 0.3) is 17.7 Å². The summed E-state index contributed by atoms with van der Waals surface area (Å²) in [5.41, 5.74) is 1.44. The number of imide groups is 1. The van der Waals surface area contributed by atoms with Gasteiger partial charge in [-0.05, 0) is 42.7 Å². The molecule has 0 radical (unpaired) electrons. The Morgan fingerprint density at radius 1 is 0.917 bits per heavy atom. The van der Waals surface area contributed by atoms with Crippen molar-refractivity contribution >= 4 is 35.6 Å². The van der Waals surface area contributed by atoms with Crippen LogP contribution in [0.15, 0.2) is 42.7 Å². The smallest absolute Gasteiger partial charge is 0.475 e. The van der Waals surface area contributed by atoms with E-state index in [1.54, 1.807) is 12.3 Å². The Balaban J connectivity index is 0.000000376. The van der Waals surface area contributed by atoms with E-state index in [0.717, 1.165) is 31.5 Å². The molecule has 4 amide bonds. The van der Waals surface area contributed by atoms with E-state index in [-0.39, 0.29) is 22.9 Å². The van der Waals surface area contributed by atoms with Crippen molar-refractivity contribution in [3.05, 3.63) is 65.0 Å². The lowest BCUT2D eigenvalue weighted by Gasteiger charge is -2.42. The van der Waals surface area contributed by atoms with Gasteiger partial charge in [0.15, 0.2) is 0 Å². The molecule has 0 bridgehead atoms. The largest absolute Gasteiger partial charge is 0.490 e. The molecule has 260 valence electrons. The molecule has 1 aromatic heterocycles. The van der Waals surface area contributed by atoms with Crippen molar-refractivity contribution in [2.24, 2.45) is 0 Å². The van der Waals surface area contributed by atoms with E-state index in [1.807, 2.05) is 18.3 Å². The highest BCUT2D eigenvalue weighted by atomic mass is 19.4. The third-order valence-corrected chi connectivity index (χ3v) is 7.43. The highest BCUT2D eigenvalue weighted by Gasteiger charge is 2.50. The van der Waals surface area contributed by atoms with Gasteiger partial charge < -0.3 is 25.7 Å². The molecule has 3 aliphatic rings. The monoisotopic (exact) mass is 690 g/mol. The van der Waals surface area contributed by atoms with Gasteiger partial charge in [0.1, 0.15) is 5.54 Å². The maximum Gasteiger partial charge on any atom is 0.490 e. The third kappa shape index (κ3) is 9.47. The van der Waals surface area contributed by atoms with Crippen LogP contribution in [-0.4, -0.2) is 111 Å². The van der Waals surface area contributed by atoms with Gasteiger partial charge in [-0.1, -0.05) is 6.07 Å².